The number of carbonyl (C=O) groups is 4. The zero-order chi connectivity index (χ0) is 27.0. The molecule has 37 heavy (non-hydrogen) atoms. The van der Waals surface area contributed by atoms with Crippen molar-refractivity contribution in [1.82, 2.24) is 15.1 Å². The van der Waals surface area contributed by atoms with Gasteiger partial charge in [0.05, 0.1) is 11.5 Å². The van der Waals surface area contributed by atoms with Crippen LogP contribution in [0.2, 0.25) is 0 Å². The number of hydrogen-bond donors (Lipinski definition) is 2. The van der Waals surface area contributed by atoms with E-state index < -0.39 is 35.2 Å². The van der Waals surface area contributed by atoms with E-state index in [1.54, 1.807) is 0 Å². The van der Waals surface area contributed by atoms with E-state index in [4.69, 9.17) is 0 Å². The molecule has 1 saturated heterocycles. The minimum absolute atomic E-state index is 0.0299. The first-order valence-electron chi connectivity index (χ1n) is 13.2. The molecule has 1 spiro atoms. The summed E-state index contributed by atoms with van der Waals surface area (Å²) < 4.78 is 0. The average molecular weight is 508 g/mol. The maximum atomic E-state index is 14.0. The number of anilines is 1. The number of carbonyl (C=O) groups excluding carboxylic acids is 4. The molecule has 0 unspecified atom stereocenters. The number of benzene rings is 1. The third-order valence-electron chi connectivity index (χ3n) is 7.93. The first-order valence-corrected chi connectivity index (χ1v) is 13.2. The van der Waals surface area contributed by atoms with E-state index in [1.165, 1.54) is 16.8 Å². The summed E-state index contributed by atoms with van der Waals surface area (Å²) in [6.45, 7) is 5.93. The summed E-state index contributed by atoms with van der Waals surface area (Å²) in [6, 6.07) is 7.73. The lowest BCUT2D eigenvalue weighted by atomic mass is 9.80. The molecule has 0 aromatic heterocycles. The summed E-state index contributed by atoms with van der Waals surface area (Å²) in [6.07, 6.45) is 5.33. The van der Waals surface area contributed by atoms with Gasteiger partial charge in [-0.05, 0) is 36.3 Å². The Balaban J connectivity index is 1.58. The van der Waals surface area contributed by atoms with E-state index >= 15 is 0 Å². The van der Waals surface area contributed by atoms with Gasteiger partial charge in [-0.15, -0.1) is 0 Å². The molecule has 2 heterocycles. The molecule has 2 aliphatic heterocycles. The van der Waals surface area contributed by atoms with Crippen molar-refractivity contribution >= 4 is 29.3 Å². The first kappa shape index (κ1) is 26.6. The van der Waals surface area contributed by atoms with Crippen LogP contribution in [0.25, 0.3) is 0 Å². The molecule has 1 aliphatic carbocycles. The van der Waals surface area contributed by atoms with Crippen molar-refractivity contribution in [3.8, 4) is 6.07 Å². The summed E-state index contributed by atoms with van der Waals surface area (Å²) in [5.74, 6) is -2.12. The SMILES string of the molecule is CN(C(=O)C(=O)NC1CCCCC1)[C@@H](CC(C)(C)C)C(=O)N1C[C@]2(C[C@H]1C#N)C(=O)Nc1ccccc12. The van der Waals surface area contributed by atoms with Crippen LogP contribution in [0.5, 0.6) is 0 Å². The maximum absolute atomic E-state index is 14.0. The van der Waals surface area contributed by atoms with E-state index in [2.05, 4.69) is 16.7 Å². The Bertz CT molecular complexity index is 1130. The number of likely N-dealkylation sites (N-methyl/N-ethyl adjacent to an activating group) is 1. The van der Waals surface area contributed by atoms with Gasteiger partial charge in [-0.2, -0.15) is 5.26 Å². The van der Waals surface area contributed by atoms with Crippen molar-refractivity contribution in [2.75, 3.05) is 18.9 Å². The smallest absolute Gasteiger partial charge is 0.312 e. The second-order valence-electron chi connectivity index (χ2n) is 11.9. The molecule has 2 N–H and O–H groups in total. The molecule has 0 bridgehead atoms. The molecular formula is C28H37N5O4. The predicted octanol–water partition coefficient (Wildman–Crippen LogP) is 2.71. The fourth-order valence-corrected chi connectivity index (χ4v) is 5.94. The van der Waals surface area contributed by atoms with E-state index in [-0.39, 0.29) is 30.3 Å². The molecular weight excluding hydrogens is 470 g/mol. The number of nitrogens with one attached hydrogen (secondary N) is 2. The molecule has 1 aromatic carbocycles. The topological polar surface area (TPSA) is 123 Å². The lowest BCUT2D eigenvalue weighted by Gasteiger charge is -2.35. The van der Waals surface area contributed by atoms with Crippen LogP contribution in [0.1, 0.15) is 71.3 Å². The van der Waals surface area contributed by atoms with Crippen molar-refractivity contribution in [3.05, 3.63) is 29.8 Å². The number of para-hydroxylation sites is 1. The summed E-state index contributed by atoms with van der Waals surface area (Å²) in [7, 11) is 1.47. The van der Waals surface area contributed by atoms with Gasteiger partial charge in [-0.3, -0.25) is 19.2 Å². The fourth-order valence-electron chi connectivity index (χ4n) is 5.94. The third kappa shape index (κ3) is 5.20. The summed E-state index contributed by atoms with van der Waals surface area (Å²) in [5, 5.41) is 15.7. The number of hydrogen-bond acceptors (Lipinski definition) is 5. The van der Waals surface area contributed by atoms with Gasteiger partial charge in [0.25, 0.3) is 0 Å². The maximum Gasteiger partial charge on any atom is 0.312 e. The summed E-state index contributed by atoms with van der Waals surface area (Å²) in [4.78, 5) is 55.8. The minimum Gasteiger partial charge on any atom is -0.345 e. The van der Waals surface area contributed by atoms with Gasteiger partial charge >= 0.3 is 11.8 Å². The van der Waals surface area contributed by atoms with Crippen LogP contribution in [0, 0.1) is 16.7 Å². The molecule has 3 atom stereocenters. The second kappa shape index (κ2) is 10.2. The average Bonchev–Trinajstić information content (AvgIpc) is 3.39. The van der Waals surface area contributed by atoms with Gasteiger partial charge in [0, 0.05) is 31.7 Å². The third-order valence-corrected chi connectivity index (χ3v) is 7.93. The van der Waals surface area contributed by atoms with Crippen LogP contribution >= 0.6 is 0 Å². The highest BCUT2D eigenvalue weighted by molar-refractivity contribution is 6.35. The zero-order valence-electron chi connectivity index (χ0n) is 22.2. The predicted molar refractivity (Wildman–Crippen MR) is 138 cm³/mol. The highest BCUT2D eigenvalue weighted by Gasteiger charge is 2.57. The van der Waals surface area contributed by atoms with Gasteiger partial charge in [-0.25, -0.2) is 0 Å². The quantitative estimate of drug-likeness (QED) is 0.607. The van der Waals surface area contributed by atoms with Gasteiger partial charge in [0.1, 0.15) is 12.1 Å². The minimum atomic E-state index is -1.01. The molecule has 9 nitrogen and oxygen atoms in total. The van der Waals surface area contributed by atoms with Gasteiger partial charge < -0.3 is 20.4 Å². The van der Waals surface area contributed by atoms with Crippen molar-refractivity contribution in [3.63, 3.8) is 0 Å². The summed E-state index contributed by atoms with van der Waals surface area (Å²) in [5.41, 5.74) is 0.112. The van der Waals surface area contributed by atoms with E-state index in [1.807, 2.05) is 45.0 Å². The van der Waals surface area contributed by atoms with Crippen molar-refractivity contribution in [2.24, 2.45) is 5.41 Å². The monoisotopic (exact) mass is 507 g/mol. The molecule has 4 rings (SSSR count). The Kier molecular flexibility index (Phi) is 7.31. The molecule has 9 heteroatoms. The fraction of sp³-hybridized carbons (Fsp3) is 0.607. The Morgan fingerprint density at radius 2 is 1.89 bits per heavy atom. The number of fused-ring (bicyclic) bond motifs is 2. The highest BCUT2D eigenvalue weighted by Crippen LogP contribution is 2.46. The molecule has 4 amide bonds. The number of rotatable bonds is 4. The van der Waals surface area contributed by atoms with Gasteiger partial charge in [0.15, 0.2) is 0 Å². The number of amides is 4. The van der Waals surface area contributed by atoms with Gasteiger partial charge in [0.2, 0.25) is 11.8 Å². The van der Waals surface area contributed by atoms with Crippen LogP contribution in [-0.4, -0.2) is 65.1 Å². The first-order chi connectivity index (χ1) is 17.5. The van der Waals surface area contributed by atoms with Crippen molar-refractivity contribution in [2.45, 2.75) is 89.3 Å². The van der Waals surface area contributed by atoms with Gasteiger partial charge in [-0.1, -0.05) is 58.2 Å². The molecule has 198 valence electrons. The molecule has 2 fully saturated rings. The Morgan fingerprint density at radius 1 is 1.22 bits per heavy atom. The second-order valence-corrected chi connectivity index (χ2v) is 11.9. The Labute approximate surface area is 218 Å². The molecule has 1 aromatic rings. The van der Waals surface area contributed by atoms with Crippen LogP contribution < -0.4 is 10.6 Å². The lowest BCUT2D eigenvalue weighted by Crippen LogP contribution is -2.55. The van der Waals surface area contributed by atoms with E-state index in [9.17, 15) is 24.4 Å². The lowest BCUT2D eigenvalue weighted by molar-refractivity contribution is -0.152. The zero-order valence-corrected chi connectivity index (χ0v) is 22.2. The number of nitriles is 1. The van der Waals surface area contributed by atoms with Crippen LogP contribution in [-0.2, 0) is 24.6 Å². The van der Waals surface area contributed by atoms with Crippen molar-refractivity contribution < 1.29 is 19.2 Å². The highest BCUT2D eigenvalue weighted by atomic mass is 16.2. The molecule has 1 saturated carbocycles. The van der Waals surface area contributed by atoms with E-state index in [0.29, 0.717) is 12.1 Å². The van der Waals surface area contributed by atoms with Crippen LogP contribution in [0.15, 0.2) is 24.3 Å². The summed E-state index contributed by atoms with van der Waals surface area (Å²) >= 11 is 0. The number of likely N-dealkylation sites (tertiary alicyclic amines) is 1. The van der Waals surface area contributed by atoms with Crippen molar-refractivity contribution in [1.29, 1.82) is 5.26 Å². The molecule has 0 radical (unpaired) electrons. The largest absolute Gasteiger partial charge is 0.345 e. The standard InChI is InChI=1S/C28H37N5O4/c1-27(2,3)15-22(32(4)25(36)23(34)30-18-10-6-5-7-11-18)24(35)33-17-28(14-19(33)16-29)20-12-8-9-13-21(20)31-26(28)37/h8-9,12-13,18-19,22H,5-7,10-11,14-15,17H2,1-4H3,(H,30,34)(H,31,37)/t19-,22-,28-/m0/s1. The van der Waals surface area contributed by atoms with E-state index in [0.717, 1.165) is 37.7 Å². The van der Waals surface area contributed by atoms with Crippen LogP contribution in [0.3, 0.4) is 0 Å². The van der Waals surface area contributed by atoms with Crippen LogP contribution in [0.4, 0.5) is 5.69 Å². The Morgan fingerprint density at radius 3 is 2.54 bits per heavy atom. The Hall–Kier alpha value is -3.41. The molecule has 3 aliphatic rings. The number of nitrogens with zero attached hydrogens (tertiary/aromatic N) is 3. The normalized spacial score (nSPS) is 24.2.